The van der Waals surface area contributed by atoms with Crippen LogP contribution < -0.4 is 5.32 Å². The molecule has 1 amide bonds. The van der Waals surface area contributed by atoms with Crippen molar-refractivity contribution >= 4 is 17.7 Å². The summed E-state index contributed by atoms with van der Waals surface area (Å²) in [5.74, 6) is -1.54. The maximum absolute atomic E-state index is 11.5. The fourth-order valence-corrected chi connectivity index (χ4v) is 1.57. The van der Waals surface area contributed by atoms with Gasteiger partial charge < -0.3 is 10.4 Å². The van der Waals surface area contributed by atoms with Crippen molar-refractivity contribution in [2.75, 3.05) is 13.6 Å². The van der Waals surface area contributed by atoms with E-state index in [0.29, 0.717) is 6.54 Å². The molecule has 1 aliphatic heterocycles. The molecule has 0 bridgehead atoms. The highest BCUT2D eigenvalue weighted by atomic mass is 16.4. The number of nitrogens with zero attached hydrogens (tertiary/aromatic N) is 1. The molecule has 0 aliphatic carbocycles. The Morgan fingerprint density at radius 3 is 2.60 bits per heavy atom. The second kappa shape index (κ2) is 4.39. The minimum atomic E-state index is -1.02. The number of carboxylic acid groups (broad SMARTS) is 1. The Morgan fingerprint density at radius 1 is 1.60 bits per heavy atom. The van der Waals surface area contributed by atoms with Crippen LogP contribution in [0, 0.1) is 0 Å². The molecule has 0 radical (unpaired) electrons. The van der Waals surface area contributed by atoms with Crippen LogP contribution in [0.4, 0.5) is 0 Å². The van der Waals surface area contributed by atoms with Gasteiger partial charge in [0.05, 0.1) is 18.5 Å². The third-order valence-corrected chi connectivity index (χ3v) is 2.48. The van der Waals surface area contributed by atoms with Crippen molar-refractivity contribution in [3.8, 4) is 0 Å². The number of amides is 1. The number of carbonyl (C=O) groups excluding carboxylic acids is 2. The lowest BCUT2D eigenvalue weighted by atomic mass is 10.0. The zero-order chi connectivity index (χ0) is 11.6. The SMILES string of the molecule is CC(=O)[C@@H]1CN(C)[C@H](CC(=O)O)C(=O)N1. The first kappa shape index (κ1) is 11.6. The highest BCUT2D eigenvalue weighted by Gasteiger charge is 2.35. The van der Waals surface area contributed by atoms with Gasteiger partial charge >= 0.3 is 5.97 Å². The van der Waals surface area contributed by atoms with Crippen LogP contribution in [0.25, 0.3) is 0 Å². The number of likely N-dealkylation sites (N-methyl/N-ethyl adjacent to an activating group) is 1. The van der Waals surface area contributed by atoms with E-state index >= 15 is 0 Å². The number of ketones is 1. The molecule has 2 N–H and O–H groups in total. The number of aliphatic carboxylic acids is 1. The molecule has 1 heterocycles. The van der Waals surface area contributed by atoms with E-state index in [9.17, 15) is 14.4 Å². The second-order valence-corrected chi connectivity index (χ2v) is 3.73. The number of hydrogen-bond donors (Lipinski definition) is 2. The maximum Gasteiger partial charge on any atom is 0.305 e. The van der Waals surface area contributed by atoms with Crippen LogP contribution >= 0.6 is 0 Å². The smallest absolute Gasteiger partial charge is 0.305 e. The van der Waals surface area contributed by atoms with Gasteiger partial charge in [-0.3, -0.25) is 19.3 Å². The predicted molar refractivity (Wildman–Crippen MR) is 51.3 cm³/mol. The molecule has 1 aliphatic rings. The molecule has 6 nitrogen and oxygen atoms in total. The first-order valence-corrected chi connectivity index (χ1v) is 4.64. The van der Waals surface area contributed by atoms with Crippen LogP contribution in [0.15, 0.2) is 0 Å². The van der Waals surface area contributed by atoms with Crippen LogP contribution in [-0.2, 0) is 14.4 Å². The second-order valence-electron chi connectivity index (χ2n) is 3.73. The van der Waals surface area contributed by atoms with Crippen LogP contribution in [-0.4, -0.2) is 53.3 Å². The van der Waals surface area contributed by atoms with Crippen molar-refractivity contribution in [3.63, 3.8) is 0 Å². The predicted octanol–water partition coefficient (Wildman–Crippen LogP) is -1.15. The molecule has 0 aromatic carbocycles. The number of carboxylic acids is 1. The molecule has 84 valence electrons. The number of hydrogen-bond acceptors (Lipinski definition) is 4. The molecule has 2 atom stereocenters. The van der Waals surface area contributed by atoms with Gasteiger partial charge in [0.1, 0.15) is 0 Å². The number of Topliss-reactive ketones (excluding diaryl/α,β-unsaturated/α-hetero) is 1. The Hall–Kier alpha value is -1.43. The molecule has 15 heavy (non-hydrogen) atoms. The van der Waals surface area contributed by atoms with Gasteiger partial charge in [-0.1, -0.05) is 0 Å². The number of rotatable bonds is 3. The summed E-state index contributed by atoms with van der Waals surface area (Å²) in [6, 6.07) is -1.20. The summed E-state index contributed by atoms with van der Waals surface area (Å²) in [4.78, 5) is 34.6. The molecule has 0 saturated carbocycles. The highest BCUT2D eigenvalue weighted by molar-refractivity contribution is 5.92. The van der Waals surface area contributed by atoms with Crippen LogP contribution in [0.1, 0.15) is 13.3 Å². The van der Waals surface area contributed by atoms with Crippen molar-refractivity contribution in [2.45, 2.75) is 25.4 Å². The zero-order valence-electron chi connectivity index (χ0n) is 8.69. The molecule has 6 heteroatoms. The molecular weight excluding hydrogens is 200 g/mol. The summed E-state index contributed by atoms with van der Waals surface area (Å²) in [7, 11) is 1.64. The first-order valence-electron chi connectivity index (χ1n) is 4.64. The monoisotopic (exact) mass is 214 g/mol. The molecule has 0 aromatic heterocycles. The maximum atomic E-state index is 11.5. The number of piperazine rings is 1. The van der Waals surface area contributed by atoms with E-state index in [1.165, 1.54) is 6.92 Å². The zero-order valence-corrected chi connectivity index (χ0v) is 8.69. The topological polar surface area (TPSA) is 86.7 Å². The third kappa shape index (κ3) is 2.76. The Bertz CT molecular complexity index is 302. The number of carbonyl (C=O) groups is 3. The van der Waals surface area contributed by atoms with E-state index in [1.54, 1.807) is 11.9 Å². The molecule has 0 aromatic rings. The van der Waals surface area contributed by atoms with Crippen molar-refractivity contribution in [3.05, 3.63) is 0 Å². The highest BCUT2D eigenvalue weighted by Crippen LogP contribution is 2.09. The summed E-state index contributed by atoms with van der Waals surface area (Å²) in [6.45, 7) is 1.76. The summed E-state index contributed by atoms with van der Waals surface area (Å²) in [5, 5.41) is 11.1. The average molecular weight is 214 g/mol. The molecule has 1 saturated heterocycles. The Labute approximate surface area is 87.2 Å². The van der Waals surface area contributed by atoms with E-state index in [1.807, 2.05) is 0 Å². The Kier molecular flexibility index (Phi) is 3.41. The van der Waals surface area contributed by atoms with Crippen molar-refractivity contribution in [1.29, 1.82) is 0 Å². The lowest BCUT2D eigenvalue weighted by Crippen LogP contribution is -2.61. The van der Waals surface area contributed by atoms with Crippen LogP contribution in [0.5, 0.6) is 0 Å². The Morgan fingerprint density at radius 2 is 2.20 bits per heavy atom. The summed E-state index contributed by atoms with van der Waals surface area (Å²) >= 11 is 0. The van der Waals surface area contributed by atoms with Gasteiger partial charge in [-0.05, 0) is 14.0 Å². The molecule has 1 fully saturated rings. The third-order valence-electron chi connectivity index (χ3n) is 2.48. The van der Waals surface area contributed by atoms with Gasteiger partial charge in [-0.2, -0.15) is 0 Å². The summed E-state index contributed by atoms with van der Waals surface area (Å²) in [5.41, 5.74) is 0. The number of nitrogens with one attached hydrogen (secondary N) is 1. The Balaban J connectivity index is 2.68. The molecular formula is C9H14N2O4. The molecule has 0 unspecified atom stereocenters. The first-order chi connectivity index (χ1) is 6.91. The van der Waals surface area contributed by atoms with Gasteiger partial charge in [-0.15, -0.1) is 0 Å². The van der Waals surface area contributed by atoms with Gasteiger partial charge in [0.25, 0.3) is 0 Å². The largest absolute Gasteiger partial charge is 0.481 e. The van der Waals surface area contributed by atoms with Gasteiger partial charge in [0.15, 0.2) is 5.78 Å². The fourth-order valence-electron chi connectivity index (χ4n) is 1.57. The lowest BCUT2D eigenvalue weighted by Gasteiger charge is -2.35. The summed E-state index contributed by atoms with van der Waals surface area (Å²) in [6.07, 6.45) is -0.243. The lowest BCUT2D eigenvalue weighted by molar-refractivity contribution is -0.144. The van der Waals surface area contributed by atoms with E-state index in [2.05, 4.69) is 5.32 Å². The van der Waals surface area contributed by atoms with Gasteiger partial charge in [0.2, 0.25) is 5.91 Å². The van der Waals surface area contributed by atoms with E-state index in [-0.39, 0.29) is 12.2 Å². The molecule has 1 rings (SSSR count). The standard InChI is InChI=1S/C9H14N2O4/c1-5(12)6-4-11(2)7(3-8(13)14)9(15)10-6/h6-7H,3-4H2,1-2H3,(H,10,15)(H,13,14)/t6-,7+/m0/s1. The van der Waals surface area contributed by atoms with Crippen molar-refractivity contribution < 1.29 is 19.5 Å². The van der Waals surface area contributed by atoms with Gasteiger partial charge in [-0.25, -0.2) is 0 Å². The van der Waals surface area contributed by atoms with E-state index < -0.39 is 24.0 Å². The quantitative estimate of drug-likeness (QED) is 0.619. The van der Waals surface area contributed by atoms with Crippen molar-refractivity contribution in [1.82, 2.24) is 10.2 Å². The fraction of sp³-hybridized carbons (Fsp3) is 0.667. The van der Waals surface area contributed by atoms with Crippen LogP contribution in [0.2, 0.25) is 0 Å². The average Bonchev–Trinajstić information content (AvgIpc) is 2.10. The van der Waals surface area contributed by atoms with E-state index in [0.717, 1.165) is 0 Å². The van der Waals surface area contributed by atoms with Crippen LogP contribution in [0.3, 0.4) is 0 Å². The minimum Gasteiger partial charge on any atom is -0.481 e. The normalized spacial score (nSPS) is 27.2. The summed E-state index contributed by atoms with van der Waals surface area (Å²) < 4.78 is 0. The van der Waals surface area contributed by atoms with Crippen molar-refractivity contribution in [2.24, 2.45) is 0 Å². The van der Waals surface area contributed by atoms with E-state index in [4.69, 9.17) is 5.11 Å². The van der Waals surface area contributed by atoms with Gasteiger partial charge in [0, 0.05) is 6.54 Å². The minimum absolute atomic E-state index is 0.121. The molecule has 0 spiro atoms.